The lowest BCUT2D eigenvalue weighted by molar-refractivity contribution is 0.225. The maximum absolute atomic E-state index is 12.0. The van der Waals surface area contributed by atoms with Crippen LogP contribution in [0.15, 0.2) is 41.1 Å². The van der Waals surface area contributed by atoms with E-state index in [1.165, 1.54) is 12.8 Å². The van der Waals surface area contributed by atoms with E-state index in [4.69, 9.17) is 9.15 Å². The number of nitrogens with zero attached hydrogens (tertiary/aromatic N) is 2. The zero-order valence-electron chi connectivity index (χ0n) is 15.3. The van der Waals surface area contributed by atoms with Gasteiger partial charge in [-0.15, -0.1) is 0 Å². The molecule has 0 aliphatic heterocycles. The molecule has 0 spiro atoms. The Morgan fingerprint density at radius 2 is 2.19 bits per heavy atom. The summed E-state index contributed by atoms with van der Waals surface area (Å²) in [7, 11) is 3.90. The summed E-state index contributed by atoms with van der Waals surface area (Å²) < 4.78 is 11.0. The van der Waals surface area contributed by atoms with Crippen molar-refractivity contribution in [3.05, 3.63) is 48.0 Å². The standard InChI is InChI=1S/C19H26N4O3/c1-23(2)16(17-4-3-9-25-17)12-22-19(24)21-11-15-7-8-18(20-10-15)26-13-14-5-6-14/h3-4,7-10,14,16H,5-6,11-13H2,1-2H3,(H2,21,22,24). The van der Waals surface area contributed by atoms with Crippen molar-refractivity contribution in [2.75, 3.05) is 27.2 Å². The van der Waals surface area contributed by atoms with Crippen molar-refractivity contribution in [2.45, 2.75) is 25.4 Å². The second-order valence-corrected chi connectivity index (χ2v) is 6.82. The van der Waals surface area contributed by atoms with E-state index < -0.39 is 0 Å². The third kappa shape index (κ3) is 5.49. The highest BCUT2D eigenvalue weighted by Crippen LogP contribution is 2.29. The normalized spacial score (nSPS) is 14.9. The van der Waals surface area contributed by atoms with Gasteiger partial charge in [0.05, 0.1) is 18.9 Å². The molecule has 1 aliphatic carbocycles. The molecule has 0 radical (unpaired) electrons. The van der Waals surface area contributed by atoms with Crippen LogP contribution in [0.2, 0.25) is 0 Å². The van der Waals surface area contributed by atoms with Crippen molar-refractivity contribution in [1.82, 2.24) is 20.5 Å². The summed E-state index contributed by atoms with van der Waals surface area (Å²) in [5.41, 5.74) is 0.925. The maximum Gasteiger partial charge on any atom is 0.315 e. The van der Waals surface area contributed by atoms with E-state index in [0.717, 1.165) is 17.9 Å². The quantitative estimate of drug-likeness (QED) is 0.720. The number of nitrogens with one attached hydrogen (secondary N) is 2. The fourth-order valence-corrected chi connectivity index (χ4v) is 2.54. The summed E-state index contributed by atoms with van der Waals surface area (Å²) in [6.07, 6.45) is 5.88. The lowest BCUT2D eigenvalue weighted by Gasteiger charge is -2.22. The van der Waals surface area contributed by atoms with Crippen LogP contribution in [0.1, 0.15) is 30.2 Å². The number of urea groups is 1. The molecule has 2 amide bonds. The minimum atomic E-state index is -0.225. The van der Waals surface area contributed by atoms with Gasteiger partial charge in [-0.25, -0.2) is 9.78 Å². The number of furan rings is 1. The first-order chi connectivity index (χ1) is 12.6. The molecule has 140 valence electrons. The molecule has 2 heterocycles. The van der Waals surface area contributed by atoms with Crippen LogP contribution in [-0.2, 0) is 6.54 Å². The molecule has 1 aliphatic rings. The van der Waals surface area contributed by atoms with Crippen molar-refractivity contribution < 1.29 is 13.9 Å². The number of carbonyl (C=O) groups is 1. The molecule has 0 aromatic carbocycles. The average molecular weight is 358 g/mol. The highest BCUT2D eigenvalue weighted by atomic mass is 16.5. The van der Waals surface area contributed by atoms with Crippen molar-refractivity contribution in [2.24, 2.45) is 5.92 Å². The molecule has 1 atom stereocenters. The van der Waals surface area contributed by atoms with Gasteiger partial charge in [-0.05, 0) is 50.6 Å². The molecule has 2 N–H and O–H groups in total. The zero-order valence-corrected chi connectivity index (χ0v) is 15.3. The first-order valence-corrected chi connectivity index (χ1v) is 8.91. The first kappa shape index (κ1) is 18.3. The molecule has 1 fully saturated rings. The molecule has 0 bridgehead atoms. The Morgan fingerprint density at radius 1 is 1.35 bits per heavy atom. The number of ether oxygens (including phenoxy) is 1. The summed E-state index contributed by atoms with van der Waals surface area (Å²) in [5, 5.41) is 5.72. The van der Waals surface area contributed by atoms with Gasteiger partial charge in [0.2, 0.25) is 5.88 Å². The van der Waals surface area contributed by atoms with Crippen molar-refractivity contribution >= 4 is 6.03 Å². The summed E-state index contributed by atoms with van der Waals surface area (Å²) in [5.74, 6) is 2.16. The van der Waals surface area contributed by atoms with Crippen molar-refractivity contribution in [3.8, 4) is 5.88 Å². The smallest absolute Gasteiger partial charge is 0.315 e. The minimum Gasteiger partial charge on any atom is -0.477 e. The molecule has 3 rings (SSSR count). The molecule has 0 saturated heterocycles. The first-order valence-electron chi connectivity index (χ1n) is 8.91. The summed E-state index contributed by atoms with van der Waals surface area (Å²) >= 11 is 0. The highest BCUT2D eigenvalue weighted by molar-refractivity contribution is 5.73. The second-order valence-electron chi connectivity index (χ2n) is 6.82. The van der Waals surface area contributed by atoms with Crippen LogP contribution in [0.5, 0.6) is 5.88 Å². The molecular weight excluding hydrogens is 332 g/mol. The van der Waals surface area contributed by atoms with Crippen molar-refractivity contribution in [1.29, 1.82) is 0 Å². The number of amides is 2. The third-order valence-corrected chi connectivity index (χ3v) is 4.37. The number of likely N-dealkylation sites (N-methyl/N-ethyl adjacent to an activating group) is 1. The van der Waals surface area contributed by atoms with E-state index in [0.29, 0.717) is 24.9 Å². The minimum absolute atomic E-state index is 0.0136. The van der Waals surface area contributed by atoms with Crippen LogP contribution in [0, 0.1) is 5.92 Å². The number of hydrogen-bond acceptors (Lipinski definition) is 5. The van der Waals surface area contributed by atoms with Crippen LogP contribution in [0.3, 0.4) is 0 Å². The van der Waals surface area contributed by atoms with Gasteiger partial charge in [0, 0.05) is 25.4 Å². The van der Waals surface area contributed by atoms with Gasteiger partial charge in [-0.3, -0.25) is 4.90 Å². The number of hydrogen-bond donors (Lipinski definition) is 2. The number of carbonyl (C=O) groups excluding carboxylic acids is 1. The van der Waals surface area contributed by atoms with Crippen LogP contribution in [0.4, 0.5) is 4.79 Å². The van der Waals surface area contributed by atoms with Crippen LogP contribution >= 0.6 is 0 Å². The fraction of sp³-hybridized carbons (Fsp3) is 0.474. The van der Waals surface area contributed by atoms with E-state index >= 15 is 0 Å². The molecule has 7 heteroatoms. The molecule has 7 nitrogen and oxygen atoms in total. The molecule has 2 aromatic rings. The van der Waals surface area contributed by atoms with E-state index in [1.54, 1.807) is 12.5 Å². The van der Waals surface area contributed by atoms with E-state index in [-0.39, 0.29) is 12.1 Å². The van der Waals surface area contributed by atoms with E-state index in [9.17, 15) is 4.79 Å². The Bertz CT molecular complexity index is 681. The fourth-order valence-electron chi connectivity index (χ4n) is 2.54. The average Bonchev–Trinajstić information content (AvgIpc) is 3.32. The van der Waals surface area contributed by atoms with Crippen molar-refractivity contribution in [3.63, 3.8) is 0 Å². The number of rotatable bonds is 9. The van der Waals surface area contributed by atoms with Crippen LogP contribution in [-0.4, -0.2) is 43.2 Å². The molecule has 26 heavy (non-hydrogen) atoms. The summed E-state index contributed by atoms with van der Waals surface area (Å²) in [6.45, 7) is 1.61. The Balaban J connectivity index is 1.40. The van der Waals surface area contributed by atoms with Gasteiger partial charge in [0.1, 0.15) is 5.76 Å². The molecule has 1 unspecified atom stereocenters. The lowest BCUT2D eigenvalue weighted by Crippen LogP contribution is -2.40. The van der Waals surface area contributed by atoms with Gasteiger partial charge in [-0.2, -0.15) is 0 Å². The number of aromatic nitrogens is 1. The largest absolute Gasteiger partial charge is 0.477 e. The summed E-state index contributed by atoms with van der Waals surface area (Å²) in [4.78, 5) is 18.3. The highest BCUT2D eigenvalue weighted by Gasteiger charge is 2.22. The van der Waals surface area contributed by atoms with Gasteiger partial charge in [0.25, 0.3) is 0 Å². The van der Waals surface area contributed by atoms with Crippen LogP contribution in [0.25, 0.3) is 0 Å². The monoisotopic (exact) mass is 358 g/mol. The van der Waals surface area contributed by atoms with Gasteiger partial charge in [-0.1, -0.05) is 6.07 Å². The van der Waals surface area contributed by atoms with E-state index in [2.05, 4.69) is 15.6 Å². The van der Waals surface area contributed by atoms with Gasteiger partial charge in [0.15, 0.2) is 0 Å². The number of pyridine rings is 1. The topological polar surface area (TPSA) is 79.6 Å². The Kier molecular flexibility index (Phi) is 6.12. The molecule has 2 aromatic heterocycles. The SMILES string of the molecule is CN(C)C(CNC(=O)NCc1ccc(OCC2CC2)nc1)c1ccco1. The maximum atomic E-state index is 12.0. The van der Waals surface area contributed by atoms with Gasteiger partial charge >= 0.3 is 6.03 Å². The summed E-state index contributed by atoms with van der Waals surface area (Å²) in [6, 6.07) is 7.27. The van der Waals surface area contributed by atoms with Crippen LogP contribution < -0.4 is 15.4 Å². The predicted octanol–water partition coefficient (Wildman–Crippen LogP) is 2.57. The lowest BCUT2D eigenvalue weighted by atomic mass is 10.2. The Hall–Kier alpha value is -2.54. The third-order valence-electron chi connectivity index (χ3n) is 4.37. The predicted molar refractivity (Wildman–Crippen MR) is 97.8 cm³/mol. The van der Waals surface area contributed by atoms with Gasteiger partial charge < -0.3 is 19.8 Å². The Labute approximate surface area is 153 Å². The molecular formula is C19H26N4O3. The van der Waals surface area contributed by atoms with E-state index in [1.807, 2.05) is 43.3 Å². The zero-order chi connectivity index (χ0) is 18.4. The Morgan fingerprint density at radius 3 is 2.81 bits per heavy atom. The second kappa shape index (κ2) is 8.71. The molecule has 1 saturated carbocycles.